The van der Waals surface area contributed by atoms with Crippen LogP contribution in [0.1, 0.15) is 84.0 Å². The fourth-order valence-electron chi connectivity index (χ4n) is 3.51. The molecule has 3 atom stereocenters. The van der Waals surface area contributed by atoms with Gasteiger partial charge in [-0.15, -0.1) is 0 Å². The van der Waals surface area contributed by atoms with Crippen LogP contribution >= 0.6 is 0 Å². The van der Waals surface area contributed by atoms with Crippen molar-refractivity contribution in [2.24, 2.45) is 0 Å². The second-order valence-corrected chi connectivity index (χ2v) is 6.99. The Morgan fingerprint density at radius 2 is 1.65 bits per heavy atom. The number of hydrogen-bond acceptors (Lipinski definition) is 4. The van der Waals surface area contributed by atoms with E-state index >= 15 is 0 Å². The van der Waals surface area contributed by atoms with Crippen molar-refractivity contribution in [1.82, 2.24) is 0 Å². The maximum atomic E-state index is 12.0. The van der Waals surface area contributed by atoms with Crippen LogP contribution in [-0.4, -0.2) is 37.5 Å². The molecule has 4 heteroatoms. The summed E-state index contributed by atoms with van der Waals surface area (Å²) in [7, 11) is 0. The first kappa shape index (κ1) is 18.7. The van der Waals surface area contributed by atoms with Crippen molar-refractivity contribution in [2.45, 2.75) is 102 Å². The number of unbranched alkanes of at least 4 members (excludes halogenated alkanes) is 2. The van der Waals surface area contributed by atoms with Crippen LogP contribution in [0.15, 0.2) is 0 Å². The summed E-state index contributed by atoms with van der Waals surface area (Å²) < 4.78 is 17.2. The Balaban J connectivity index is 1.70. The van der Waals surface area contributed by atoms with Gasteiger partial charge in [0.1, 0.15) is 6.10 Å². The summed E-state index contributed by atoms with van der Waals surface area (Å²) >= 11 is 0. The van der Waals surface area contributed by atoms with Crippen LogP contribution in [0.4, 0.5) is 0 Å². The largest absolute Gasteiger partial charge is 0.462 e. The summed E-state index contributed by atoms with van der Waals surface area (Å²) in [5, 5.41) is 0. The molecule has 2 aliphatic heterocycles. The van der Waals surface area contributed by atoms with E-state index in [1.54, 1.807) is 0 Å². The standard InChI is InChI=1S/C19H34O4/c1-2-3-4-9-19(20)23-18(12-10-16-7-5-14-21-16)13-11-17-8-6-15-22-17/h16-18H,2-15H2,1H3/t16-,17+,18?. The molecule has 0 bridgehead atoms. The van der Waals surface area contributed by atoms with Gasteiger partial charge in [0.25, 0.3) is 0 Å². The third kappa shape index (κ3) is 7.67. The van der Waals surface area contributed by atoms with Gasteiger partial charge < -0.3 is 14.2 Å². The molecule has 2 aliphatic rings. The van der Waals surface area contributed by atoms with E-state index in [0.29, 0.717) is 18.6 Å². The fraction of sp³-hybridized carbons (Fsp3) is 0.947. The van der Waals surface area contributed by atoms with E-state index in [2.05, 4.69) is 6.92 Å². The highest BCUT2D eigenvalue weighted by molar-refractivity contribution is 5.69. The topological polar surface area (TPSA) is 44.8 Å². The number of carbonyl (C=O) groups is 1. The monoisotopic (exact) mass is 326 g/mol. The summed E-state index contributed by atoms with van der Waals surface area (Å²) in [6, 6.07) is 0. The first-order valence-electron chi connectivity index (χ1n) is 9.70. The van der Waals surface area contributed by atoms with Gasteiger partial charge in [0.15, 0.2) is 0 Å². The van der Waals surface area contributed by atoms with Crippen LogP contribution in [0, 0.1) is 0 Å². The lowest BCUT2D eigenvalue weighted by Gasteiger charge is -2.21. The summed E-state index contributed by atoms with van der Waals surface area (Å²) in [4.78, 5) is 12.0. The van der Waals surface area contributed by atoms with E-state index in [1.165, 1.54) is 12.8 Å². The third-order valence-electron chi connectivity index (χ3n) is 4.95. The van der Waals surface area contributed by atoms with Gasteiger partial charge >= 0.3 is 5.97 Å². The second kappa shape index (κ2) is 11.0. The van der Waals surface area contributed by atoms with Crippen molar-refractivity contribution in [3.63, 3.8) is 0 Å². The molecule has 2 saturated heterocycles. The van der Waals surface area contributed by atoms with Crippen LogP contribution < -0.4 is 0 Å². The molecule has 4 nitrogen and oxygen atoms in total. The highest BCUT2D eigenvalue weighted by Crippen LogP contribution is 2.23. The molecule has 2 heterocycles. The zero-order valence-corrected chi connectivity index (χ0v) is 14.8. The summed E-state index contributed by atoms with van der Waals surface area (Å²) in [6.45, 7) is 3.93. The van der Waals surface area contributed by atoms with Crippen LogP contribution in [-0.2, 0) is 19.0 Å². The lowest BCUT2D eigenvalue weighted by molar-refractivity contribution is -0.150. The van der Waals surface area contributed by atoms with Gasteiger partial charge in [-0.3, -0.25) is 4.79 Å². The van der Waals surface area contributed by atoms with Gasteiger partial charge in [-0.2, -0.15) is 0 Å². The van der Waals surface area contributed by atoms with Gasteiger partial charge in [-0.25, -0.2) is 0 Å². The molecule has 134 valence electrons. The van der Waals surface area contributed by atoms with Crippen molar-refractivity contribution >= 4 is 5.97 Å². The number of rotatable bonds is 11. The van der Waals surface area contributed by atoms with Crippen molar-refractivity contribution in [2.75, 3.05) is 13.2 Å². The van der Waals surface area contributed by atoms with Crippen molar-refractivity contribution in [3.8, 4) is 0 Å². The van der Waals surface area contributed by atoms with E-state index in [1.807, 2.05) is 0 Å². The molecule has 0 saturated carbocycles. The molecule has 0 spiro atoms. The maximum Gasteiger partial charge on any atom is 0.306 e. The molecule has 0 aromatic heterocycles. The van der Waals surface area contributed by atoms with Crippen LogP contribution in [0.2, 0.25) is 0 Å². The fourth-order valence-corrected chi connectivity index (χ4v) is 3.51. The molecule has 0 aliphatic carbocycles. The number of hydrogen-bond donors (Lipinski definition) is 0. The average molecular weight is 326 g/mol. The van der Waals surface area contributed by atoms with Crippen molar-refractivity contribution < 1.29 is 19.0 Å². The smallest absolute Gasteiger partial charge is 0.306 e. The minimum Gasteiger partial charge on any atom is -0.462 e. The first-order chi connectivity index (χ1) is 11.3. The molecule has 0 aromatic rings. The van der Waals surface area contributed by atoms with E-state index in [0.717, 1.165) is 71.0 Å². The predicted molar refractivity (Wildman–Crippen MR) is 90.4 cm³/mol. The van der Waals surface area contributed by atoms with Crippen LogP contribution in [0.5, 0.6) is 0 Å². The van der Waals surface area contributed by atoms with E-state index in [9.17, 15) is 4.79 Å². The molecule has 0 radical (unpaired) electrons. The molecular formula is C19H34O4. The summed E-state index contributed by atoms with van der Waals surface area (Å²) in [6.07, 6.45) is 13.1. The van der Waals surface area contributed by atoms with Crippen molar-refractivity contribution in [3.05, 3.63) is 0 Å². The predicted octanol–water partition coefficient (Wildman–Crippen LogP) is 4.40. The third-order valence-corrected chi connectivity index (χ3v) is 4.95. The molecule has 23 heavy (non-hydrogen) atoms. The van der Waals surface area contributed by atoms with E-state index in [4.69, 9.17) is 14.2 Å². The zero-order chi connectivity index (χ0) is 16.3. The highest BCUT2D eigenvalue weighted by Gasteiger charge is 2.23. The van der Waals surface area contributed by atoms with E-state index in [-0.39, 0.29) is 12.1 Å². The van der Waals surface area contributed by atoms with Gasteiger partial charge in [-0.1, -0.05) is 19.8 Å². The molecule has 0 amide bonds. The van der Waals surface area contributed by atoms with Gasteiger partial charge in [0.05, 0.1) is 12.2 Å². The molecular weight excluding hydrogens is 292 g/mol. The molecule has 0 N–H and O–H groups in total. The normalized spacial score (nSPS) is 25.6. The maximum absolute atomic E-state index is 12.0. The second-order valence-electron chi connectivity index (χ2n) is 6.99. The number of carbonyl (C=O) groups excluding carboxylic acids is 1. The molecule has 0 aromatic carbocycles. The Bertz CT molecular complexity index is 299. The summed E-state index contributed by atoms with van der Waals surface area (Å²) in [5.74, 6) is -0.0249. The Kier molecular flexibility index (Phi) is 8.98. The number of ether oxygens (including phenoxy) is 3. The van der Waals surface area contributed by atoms with Gasteiger partial charge in [0.2, 0.25) is 0 Å². The Labute approximate surface area is 141 Å². The van der Waals surface area contributed by atoms with Crippen molar-refractivity contribution in [1.29, 1.82) is 0 Å². The summed E-state index contributed by atoms with van der Waals surface area (Å²) in [5.41, 5.74) is 0. The first-order valence-corrected chi connectivity index (χ1v) is 9.70. The minimum atomic E-state index is -0.0249. The molecule has 1 unspecified atom stereocenters. The quantitative estimate of drug-likeness (QED) is 0.417. The number of esters is 1. The zero-order valence-electron chi connectivity index (χ0n) is 14.8. The Morgan fingerprint density at radius 3 is 2.13 bits per heavy atom. The minimum absolute atomic E-state index is 0.0249. The highest BCUT2D eigenvalue weighted by atomic mass is 16.5. The van der Waals surface area contributed by atoms with Gasteiger partial charge in [-0.05, 0) is 57.8 Å². The lowest BCUT2D eigenvalue weighted by Crippen LogP contribution is -2.22. The van der Waals surface area contributed by atoms with E-state index < -0.39 is 0 Å². The SMILES string of the molecule is CCCCCC(=O)OC(CC[C@H]1CCCO1)CC[C@@H]1CCCO1. The Hall–Kier alpha value is -0.610. The van der Waals surface area contributed by atoms with Crippen LogP contribution in [0.25, 0.3) is 0 Å². The lowest BCUT2D eigenvalue weighted by atomic mass is 10.0. The molecule has 2 rings (SSSR count). The Morgan fingerprint density at radius 1 is 1.04 bits per heavy atom. The van der Waals surface area contributed by atoms with Gasteiger partial charge in [0, 0.05) is 19.6 Å². The van der Waals surface area contributed by atoms with Crippen LogP contribution in [0.3, 0.4) is 0 Å². The molecule has 2 fully saturated rings. The average Bonchev–Trinajstić information content (AvgIpc) is 3.23.